The molecule has 0 bridgehead atoms. The summed E-state index contributed by atoms with van der Waals surface area (Å²) < 4.78 is 0. The lowest BCUT2D eigenvalue weighted by Crippen LogP contribution is -2.25. The molecule has 0 fully saturated rings. The van der Waals surface area contributed by atoms with Crippen LogP contribution in [0.5, 0.6) is 0 Å². The van der Waals surface area contributed by atoms with Crippen LogP contribution in [0.25, 0.3) is 0 Å². The molecule has 2 aromatic heterocycles. The summed E-state index contributed by atoms with van der Waals surface area (Å²) in [6.45, 7) is 0.593. The first kappa shape index (κ1) is 12.1. The molecule has 0 aromatic carbocycles. The highest BCUT2D eigenvalue weighted by Gasteiger charge is 2.07. The van der Waals surface area contributed by atoms with Crippen molar-refractivity contribution in [1.82, 2.24) is 10.3 Å². The fourth-order valence-corrected chi connectivity index (χ4v) is 2.45. The first-order valence-electron chi connectivity index (χ1n) is 5.21. The number of nitrogens with zero attached hydrogens (tertiary/aromatic N) is 1. The summed E-state index contributed by atoms with van der Waals surface area (Å²) in [6.07, 6.45) is 2.50. The van der Waals surface area contributed by atoms with Gasteiger partial charge in [-0.1, -0.05) is 6.07 Å². The van der Waals surface area contributed by atoms with E-state index in [1.54, 1.807) is 12.3 Å². The van der Waals surface area contributed by atoms with Crippen LogP contribution < -0.4 is 5.32 Å². The number of carbonyl (C=O) groups excluding carboxylic acids is 1. The second-order valence-electron chi connectivity index (χ2n) is 3.50. The molecule has 0 aliphatic heterocycles. The van der Waals surface area contributed by atoms with Crippen molar-refractivity contribution < 1.29 is 4.79 Å². The van der Waals surface area contributed by atoms with Gasteiger partial charge in [-0.15, -0.1) is 24.0 Å². The van der Waals surface area contributed by atoms with Gasteiger partial charge >= 0.3 is 0 Å². The van der Waals surface area contributed by atoms with Gasteiger partial charge in [-0.25, -0.2) is 0 Å². The monoisotopic (exact) mass is 264 g/mol. The third-order valence-electron chi connectivity index (χ3n) is 2.20. The Morgan fingerprint density at radius 1 is 1.47 bits per heavy atom. The van der Waals surface area contributed by atoms with Crippen LogP contribution in [-0.4, -0.2) is 17.4 Å². The minimum Gasteiger partial charge on any atom is -0.351 e. The minimum absolute atomic E-state index is 0.0498. The standard InChI is InChI=1S/C12H12N2OS2/c15-12(11-7-10(16)8-17-11)14-6-4-9-3-1-2-5-13-9/h1-3,5,7-8,16H,4,6H2,(H,14,15). The average Bonchev–Trinajstić information content (AvgIpc) is 2.77. The third-order valence-corrected chi connectivity index (χ3v) is 3.56. The highest BCUT2D eigenvalue weighted by Crippen LogP contribution is 2.17. The van der Waals surface area contributed by atoms with E-state index >= 15 is 0 Å². The topological polar surface area (TPSA) is 42.0 Å². The number of thiol groups is 1. The van der Waals surface area contributed by atoms with Gasteiger partial charge in [-0.3, -0.25) is 9.78 Å². The second kappa shape index (κ2) is 5.84. The first-order valence-corrected chi connectivity index (χ1v) is 6.54. The van der Waals surface area contributed by atoms with Gasteiger partial charge in [0.05, 0.1) is 4.88 Å². The smallest absolute Gasteiger partial charge is 0.261 e. The van der Waals surface area contributed by atoms with E-state index in [1.165, 1.54) is 11.3 Å². The summed E-state index contributed by atoms with van der Waals surface area (Å²) in [7, 11) is 0. The van der Waals surface area contributed by atoms with Gasteiger partial charge in [0.1, 0.15) is 0 Å². The molecule has 1 amide bonds. The molecule has 1 N–H and O–H groups in total. The maximum atomic E-state index is 11.7. The van der Waals surface area contributed by atoms with Crippen molar-refractivity contribution in [3.8, 4) is 0 Å². The molecular formula is C12H12N2OS2. The predicted octanol–water partition coefficient (Wildman–Crippen LogP) is 2.40. The number of rotatable bonds is 4. The zero-order chi connectivity index (χ0) is 12.1. The Balaban J connectivity index is 1.81. The van der Waals surface area contributed by atoms with Crippen molar-refractivity contribution in [3.05, 3.63) is 46.4 Å². The Bertz CT molecular complexity index is 496. The Morgan fingerprint density at radius 3 is 3.00 bits per heavy atom. The molecular weight excluding hydrogens is 252 g/mol. The Kier molecular flexibility index (Phi) is 4.17. The van der Waals surface area contributed by atoms with E-state index in [1.807, 2.05) is 23.6 Å². The van der Waals surface area contributed by atoms with E-state index < -0.39 is 0 Å². The SMILES string of the molecule is O=C(NCCc1ccccn1)c1cc(S)cs1. The quantitative estimate of drug-likeness (QED) is 0.833. The highest BCUT2D eigenvalue weighted by atomic mass is 32.1. The molecule has 5 heteroatoms. The van der Waals surface area contributed by atoms with E-state index in [9.17, 15) is 4.79 Å². The van der Waals surface area contributed by atoms with Crippen LogP contribution in [0.15, 0.2) is 40.7 Å². The number of hydrogen-bond donors (Lipinski definition) is 2. The van der Waals surface area contributed by atoms with Crippen LogP contribution in [0.1, 0.15) is 15.4 Å². The number of carbonyl (C=O) groups is 1. The van der Waals surface area contributed by atoms with E-state index in [2.05, 4.69) is 22.9 Å². The number of nitrogens with one attached hydrogen (secondary N) is 1. The van der Waals surface area contributed by atoms with Gasteiger partial charge in [0.2, 0.25) is 0 Å². The van der Waals surface area contributed by atoms with Crippen molar-refractivity contribution >= 4 is 29.9 Å². The predicted molar refractivity (Wildman–Crippen MR) is 71.8 cm³/mol. The van der Waals surface area contributed by atoms with Gasteiger partial charge in [0, 0.05) is 35.1 Å². The lowest BCUT2D eigenvalue weighted by atomic mass is 10.3. The maximum absolute atomic E-state index is 11.7. The van der Waals surface area contributed by atoms with Crippen molar-refractivity contribution in [2.24, 2.45) is 0 Å². The number of pyridine rings is 1. The molecule has 0 aliphatic carbocycles. The lowest BCUT2D eigenvalue weighted by Gasteiger charge is -2.02. The Morgan fingerprint density at radius 2 is 2.35 bits per heavy atom. The molecule has 0 aliphatic rings. The second-order valence-corrected chi connectivity index (χ2v) is 4.92. The molecule has 0 radical (unpaired) electrons. The molecule has 0 saturated carbocycles. The molecule has 3 nitrogen and oxygen atoms in total. The Hall–Kier alpha value is -1.33. The summed E-state index contributed by atoms with van der Waals surface area (Å²) in [5.41, 5.74) is 0.980. The van der Waals surface area contributed by atoms with E-state index in [0.29, 0.717) is 11.4 Å². The average molecular weight is 264 g/mol. The summed E-state index contributed by atoms with van der Waals surface area (Å²) >= 11 is 5.57. The molecule has 0 atom stereocenters. The van der Waals surface area contributed by atoms with E-state index in [4.69, 9.17) is 0 Å². The van der Waals surface area contributed by atoms with Crippen LogP contribution in [-0.2, 0) is 6.42 Å². The molecule has 2 rings (SSSR count). The Labute approximate surface area is 109 Å². The molecule has 0 saturated heterocycles. The number of thiophene rings is 1. The molecule has 0 unspecified atom stereocenters. The summed E-state index contributed by atoms with van der Waals surface area (Å²) in [5.74, 6) is -0.0498. The third kappa shape index (κ3) is 3.57. The van der Waals surface area contributed by atoms with Crippen LogP contribution >= 0.6 is 24.0 Å². The molecule has 17 heavy (non-hydrogen) atoms. The van der Waals surface area contributed by atoms with Gasteiger partial charge in [-0.2, -0.15) is 0 Å². The van der Waals surface area contributed by atoms with Gasteiger partial charge in [-0.05, 0) is 18.2 Å². The van der Waals surface area contributed by atoms with E-state index in [0.717, 1.165) is 17.0 Å². The van der Waals surface area contributed by atoms with Crippen LogP contribution in [0.3, 0.4) is 0 Å². The number of aromatic nitrogens is 1. The number of amides is 1. The fraction of sp³-hybridized carbons (Fsp3) is 0.167. The van der Waals surface area contributed by atoms with Crippen LogP contribution in [0, 0.1) is 0 Å². The van der Waals surface area contributed by atoms with Gasteiger partial charge in [0.15, 0.2) is 0 Å². The zero-order valence-corrected chi connectivity index (χ0v) is 10.8. The van der Waals surface area contributed by atoms with E-state index in [-0.39, 0.29) is 5.91 Å². The normalized spacial score (nSPS) is 10.2. The van der Waals surface area contributed by atoms with Gasteiger partial charge < -0.3 is 5.32 Å². The summed E-state index contributed by atoms with van der Waals surface area (Å²) in [5, 5.41) is 4.70. The summed E-state index contributed by atoms with van der Waals surface area (Å²) in [4.78, 5) is 17.4. The summed E-state index contributed by atoms with van der Waals surface area (Å²) in [6, 6.07) is 7.53. The zero-order valence-electron chi connectivity index (χ0n) is 9.09. The maximum Gasteiger partial charge on any atom is 0.261 e. The molecule has 2 heterocycles. The van der Waals surface area contributed by atoms with Crippen LogP contribution in [0.4, 0.5) is 0 Å². The highest BCUT2D eigenvalue weighted by molar-refractivity contribution is 7.80. The van der Waals surface area contributed by atoms with Crippen molar-refractivity contribution in [2.45, 2.75) is 11.3 Å². The molecule has 0 spiro atoms. The lowest BCUT2D eigenvalue weighted by molar-refractivity contribution is 0.0958. The van der Waals surface area contributed by atoms with Gasteiger partial charge in [0.25, 0.3) is 5.91 Å². The molecule has 2 aromatic rings. The minimum atomic E-state index is -0.0498. The van der Waals surface area contributed by atoms with Crippen molar-refractivity contribution in [2.75, 3.05) is 6.54 Å². The van der Waals surface area contributed by atoms with Crippen molar-refractivity contribution in [3.63, 3.8) is 0 Å². The van der Waals surface area contributed by atoms with Crippen LogP contribution in [0.2, 0.25) is 0 Å². The largest absolute Gasteiger partial charge is 0.351 e. The first-order chi connectivity index (χ1) is 8.25. The fourth-order valence-electron chi connectivity index (χ4n) is 1.38. The number of hydrogen-bond acceptors (Lipinski definition) is 4. The van der Waals surface area contributed by atoms with Crippen molar-refractivity contribution in [1.29, 1.82) is 0 Å². The molecule has 88 valence electrons.